The largest absolute Gasteiger partial charge is 0.497 e. The van der Waals surface area contributed by atoms with Crippen molar-refractivity contribution in [2.75, 3.05) is 38.3 Å². The molecule has 2 amide bonds. The Bertz CT molecular complexity index is 966. The number of methoxy groups -OCH3 is 1. The van der Waals surface area contributed by atoms with E-state index in [1.807, 2.05) is 23.1 Å². The van der Waals surface area contributed by atoms with Crippen LogP contribution in [0.15, 0.2) is 42.5 Å². The molecule has 2 aliphatic rings. The number of nitrogens with zero attached hydrogens (tertiary/aromatic N) is 1. The number of hydrogen-bond acceptors (Lipinski definition) is 4. The summed E-state index contributed by atoms with van der Waals surface area (Å²) in [5, 5.41) is 2.77. The van der Waals surface area contributed by atoms with E-state index in [0.29, 0.717) is 39.1 Å². The Morgan fingerprint density at radius 3 is 2.65 bits per heavy atom. The molecule has 1 fully saturated rings. The van der Waals surface area contributed by atoms with Gasteiger partial charge in [0.05, 0.1) is 7.11 Å². The fourth-order valence-electron chi connectivity index (χ4n) is 4.70. The molecule has 0 unspecified atom stereocenters. The number of benzene rings is 2. The molecular formula is C25H30N2O4. The lowest BCUT2D eigenvalue weighted by Crippen LogP contribution is -2.40. The Labute approximate surface area is 183 Å². The average Bonchev–Trinajstić information content (AvgIpc) is 3.10. The van der Waals surface area contributed by atoms with Crippen LogP contribution in [0.2, 0.25) is 0 Å². The summed E-state index contributed by atoms with van der Waals surface area (Å²) in [6.07, 6.45) is 2.89. The Balaban J connectivity index is 1.62. The molecular weight excluding hydrogens is 392 g/mol. The van der Waals surface area contributed by atoms with Gasteiger partial charge in [0, 0.05) is 50.8 Å². The molecule has 0 aromatic heterocycles. The summed E-state index contributed by atoms with van der Waals surface area (Å²) < 4.78 is 11.0. The van der Waals surface area contributed by atoms with Crippen LogP contribution in [0, 0.1) is 0 Å². The van der Waals surface area contributed by atoms with E-state index in [9.17, 15) is 9.59 Å². The SMILES string of the molecule is COc1cccc(-c2ccc3c(c2)C2(CCOCC2)CN3C(=O)CCCNC(C)=O)c1. The molecule has 2 aliphatic heterocycles. The topological polar surface area (TPSA) is 67.9 Å². The standard InChI is InChI=1S/C25H30N2O4/c1-18(28)26-12-4-7-24(29)27-17-25(10-13-31-14-11-25)22-16-20(8-9-23(22)27)19-5-3-6-21(15-19)30-2/h3,5-6,8-9,15-16H,4,7,10-14,17H2,1-2H3,(H,26,28). The highest BCUT2D eigenvalue weighted by Crippen LogP contribution is 2.48. The molecule has 4 rings (SSSR count). The van der Waals surface area contributed by atoms with Crippen LogP contribution in [0.5, 0.6) is 5.75 Å². The van der Waals surface area contributed by atoms with Crippen LogP contribution in [0.1, 0.15) is 38.2 Å². The van der Waals surface area contributed by atoms with Crippen molar-refractivity contribution in [3.8, 4) is 16.9 Å². The fraction of sp³-hybridized carbons (Fsp3) is 0.440. The van der Waals surface area contributed by atoms with Crippen LogP contribution in [-0.2, 0) is 19.7 Å². The molecule has 0 saturated carbocycles. The minimum Gasteiger partial charge on any atom is -0.497 e. The lowest BCUT2D eigenvalue weighted by atomic mass is 9.75. The van der Waals surface area contributed by atoms with E-state index in [0.717, 1.165) is 35.4 Å². The summed E-state index contributed by atoms with van der Waals surface area (Å²) in [5.74, 6) is 0.879. The molecule has 0 atom stereocenters. The number of anilines is 1. The Morgan fingerprint density at radius 1 is 1.13 bits per heavy atom. The van der Waals surface area contributed by atoms with Gasteiger partial charge < -0.3 is 19.7 Å². The van der Waals surface area contributed by atoms with Crippen molar-refractivity contribution < 1.29 is 19.1 Å². The summed E-state index contributed by atoms with van der Waals surface area (Å²) in [7, 11) is 1.67. The highest BCUT2D eigenvalue weighted by molar-refractivity contribution is 5.97. The predicted octanol–water partition coefficient (Wildman–Crippen LogP) is 3.67. The third-order valence-corrected chi connectivity index (χ3v) is 6.41. The zero-order valence-electron chi connectivity index (χ0n) is 18.3. The smallest absolute Gasteiger partial charge is 0.227 e. The first-order valence-corrected chi connectivity index (χ1v) is 10.9. The molecule has 2 heterocycles. The van der Waals surface area contributed by atoms with Crippen LogP contribution in [0.4, 0.5) is 5.69 Å². The van der Waals surface area contributed by atoms with Gasteiger partial charge in [-0.3, -0.25) is 9.59 Å². The van der Waals surface area contributed by atoms with Gasteiger partial charge in [-0.1, -0.05) is 18.2 Å². The summed E-state index contributed by atoms with van der Waals surface area (Å²) >= 11 is 0. The van der Waals surface area contributed by atoms with Crippen LogP contribution in [-0.4, -0.2) is 45.2 Å². The number of carbonyl (C=O) groups excluding carboxylic acids is 2. The maximum atomic E-state index is 13.1. The van der Waals surface area contributed by atoms with E-state index >= 15 is 0 Å². The van der Waals surface area contributed by atoms with E-state index < -0.39 is 0 Å². The van der Waals surface area contributed by atoms with Crippen molar-refractivity contribution in [2.45, 2.75) is 38.0 Å². The third kappa shape index (κ3) is 4.44. The summed E-state index contributed by atoms with van der Waals surface area (Å²) in [6.45, 7) is 4.15. The van der Waals surface area contributed by atoms with Gasteiger partial charge in [0.1, 0.15) is 5.75 Å². The molecule has 0 radical (unpaired) electrons. The molecule has 0 aliphatic carbocycles. The molecule has 164 valence electrons. The van der Waals surface area contributed by atoms with E-state index in [1.54, 1.807) is 7.11 Å². The van der Waals surface area contributed by atoms with Crippen molar-refractivity contribution >= 4 is 17.5 Å². The van der Waals surface area contributed by atoms with Crippen molar-refractivity contribution in [3.05, 3.63) is 48.0 Å². The van der Waals surface area contributed by atoms with Gasteiger partial charge in [-0.05, 0) is 60.2 Å². The number of carbonyl (C=O) groups is 2. The zero-order chi connectivity index (χ0) is 21.8. The Morgan fingerprint density at radius 2 is 1.90 bits per heavy atom. The summed E-state index contributed by atoms with van der Waals surface area (Å²) in [5.41, 5.74) is 4.42. The fourth-order valence-corrected chi connectivity index (χ4v) is 4.70. The van der Waals surface area contributed by atoms with Gasteiger partial charge in [0.2, 0.25) is 11.8 Å². The highest BCUT2D eigenvalue weighted by Gasteiger charge is 2.45. The number of amides is 2. The number of rotatable bonds is 6. The second-order valence-electron chi connectivity index (χ2n) is 8.42. The lowest BCUT2D eigenvalue weighted by Gasteiger charge is -2.34. The van der Waals surface area contributed by atoms with Crippen LogP contribution in [0.3, 0.4) is 0 Å². The first kappa shape index (κ1) is 21.4. The molecule has 2 aromatic rings. The van der Waals surface area contributed by atoms with E-state index in [-0.39, 0.29) is 17.2 Å². The molecule has 1 spiro atoms. The van der Waals surface area contributed by atoms with E-state index in [4.69, 9.17) is 9.47 Å². The quantitative estimate of drug-likeness (QED) is 0.722. The average molecular weight is 423 g/mol. The van der Waals surface area contributed by atoms with Crippen LogP contribution < -0.4 is 15.0 Å². The van der Waals surface area contributed by atoms with Gasteiger partial charge in [0.25, 0.3) is 0 Å². The lowest BCUT2D eigenvalue weighted by molar-refractivity contribution is -0.120. The number of nitrogens with one attached hydrogen (secondary N) is 1. The Hall–Kier alpha value is -2.86. The Kier molecular flexibility index (Phi) is 6.28. The van der Waals surface area contributed by atoms with Crippen molar-refractivity contribution in [3.63, 3.8) is 0 Å². The number of ether oxygens (including phenoxy) is 2. The summed E-state index contributed by atoms with van der Waals surface area (Å²) in [6, 6.07) is 14.5. The van der Waals surface area contributed by atoms with Crippen LogP contribution >= 0.6 is 0 Å². The first-order valence-electron chi connectivity index (χ1n) is 10.9. The van der Waals surface area contributed by atoms with Crippen molar-refractivity contribution in [1.29, 1.82) is 0 Å². The predicted molar refractivity (Wildman–Crippen MR) is 120 cm³/mol. The highest BCUT2D eigenvalue weighted by atomic mass is 16.5. The molecule has 6 nitrogen and oxygen atoms in total. The van der Waals surface area contributed by atoms with Gasteiger partial charge in [-0.2, -0.15) is 0 Å². The first-order chi connectivity index (χ1) is 15.0. The molecule has 1 saturated heterocycles. The molecule has 31 heavy (non-hydrogen) atoms. The zero-order valence-corrected chi connectivity index (χ0v) is 18.3. The van der Waals surface area contributed by atoms with E-state index in [2.05, 4.69) is 29.6 Å². The molecule has 6 heteroatoms. The second kappa shape index (κ2) is 9.10. The van der Waals surface area contributed by atoms with Crippen LogP contribution in [0.25, 0.3) is 11.1 Å². The maximum absolute atomic E-state index is 13.1. The number of fused-ring (bicyclic) bond motifs is 2. The van der Waals surface area contributed by atoms with Gasteiger partial charge >= 0.3 is 0 Å². The summed E-state index contributed by atoms with van der Waals surface area (Å²) in [4.78, 5) is 26.1. The minimum absolute atomic E-state index is 0.0598. The number of hydrogen-bond donors (Lipinski definition) is 1. The van der Waals surface area contributed by atoms with Crippen molar-refractivity contribution in [2.24, 2.45) is 0 Å². The van der Waals surface area contributed by atoms with Crippen molar-refractivity contribution in [1.82, 2.24) is 5.32 Å². The third-order valence-electron chi connectivity index (χ3n) is 6.41. The van der Waals surface area contributed by atoms with E-state index in [1.165, 1.54) is 12.5 Å². The second-order valence-corrected chi connectivity index (χ2v) is 8.42. The van der Waals surface area contributed by atoms with Gasteiger partial charge in [-0.15, -0.1) is 0 Å². The maximum Gasteiger partial charge on any atom is 0.227 e. The normalized spacial score (nSPS) is 16.8. The monoisotopic (exact) mass is 422 g/mol. The molecule has 0 bridgehead atoms. The molecule has 2 aromatic carbocycles. The van der Waals surface area contributed by atoms with Gasteiger partial charge in [-0.25, -0.2) is 0 Å². The minimum atomic E-state index is -0.0646. The van der Waals surface area contributed by atoms with Gasteiger partial charge in [0.15, 0.2) is 0 Å². The molecule has 1 N–H and O–H groups in total.